The normalized spacial score (nSPS) is 19.5. The van der Waals surface area contributed by atoms with Gasteiger partial charge in [-0.3, -0.25) is 5.01 Å². The van der Waals surface area contributed by atoms with E-state index in [1.807, 2.05) is 0 Å². The molecule has 1 unspecified atom stereocenters. The molecule has 0 spiro atoms. The number of thiophene rings is 1. The number of hydrogen-bond donors (Lipinski definition) is 0. The number of benzene rings is 1. The van der Waals surface area contributed by atoms with Gasteiger partial charge >= 0.3 is 0 Å². The molecular weight excluding hydrogens is 228 g/mol. The monoisotopic (exact) mass is 242 g/mol. The molecule has 3 heteroatoms. The Labute approximate surface area is 105 Å². The van der Waals surface area contributed by atoms with Crippen LogP contribution in [0.15, 0.2) is 52.3 Å². The van der Waals surface area contributed by atoms with Crippen LogP contribution in [0.5, 0.6) is 0 Å². The number of rotatable bonds is 2. The van der Waals surface area contributed by atoms with Crippen molar-refractivity contribution in [2.45, 2.75) is 12.5 Å². The Balaban J connectivity index is 1.85. The van der Waals surface area contributed by atoms with Crippen LogP contribution in [0, 0.1) is 0 Å². The maximum absolute atomic E-state index is 4.65. The second-order valence-electron chi connectivity index (χ2n) is 4.26. The summed E-state index contributed by atoms with van der Waals surface area (Å²) < 4.78 is 0. The first kappa shape index (κ1) is 10.5. The van der Waals surface area contributed by atoms with Gasteiger partial charge in [-0.25, -0.2) is 0 Å². The van der Waals surface area contributed by atoms with Crippen LogP contribution in [0.3, 0.4) is 0 Å². The molecule has 1 aromatic heterocycles. The zero-order chi connectivity index (χ0) is 11.7. The number of nitrogens with zero attached hydrogens (tertiary/aromatic N) is 2. The first-order valence-electron chi connectivity index (χ1n) is 5.72. The minimum Gasteiger partial charge on any atom is -0.292 e. The third-order valence-electron chi connectivity index (χ3n) is 3.15. The van der Waals surface area contributed by atoms with Crippen LogP contribution in [0.1, 0.15) is 23.6 Å². The molecule has 2 nitrogen and oxygen atoms in total. The highest BCUT2D eigenvalue weighted by atomic mass is 32.1. The minimum atomic E-state index is 0.381. The molecule has 0 amide bonds. The van der Waals surface area contributed by atoms with E-state index in [-0.39, 0.29) is 0 Å². The third-order valence-corrected chi connectivity index (χ3v) is 3.84. The van der Waals surface area contributed by atoms with Crippen LogP contribution >= 0.6 is 11.3 Å². The molecule has 0 aliphatic carbocycles. The van der Waals surface area contributed by atoms with Crippen molar-refractivity contribution in [1.82, 2.24) is 5.01 Å². The fraction of sp³-hybridized carbons (Fsp3) is 0.214. The second-order valence-corrected chi connectivity index (χ2v) is 5.04. The lowest BCUT2D eigenvalue weighted by Crippen LogP contribution is -2.13. The summed E-state index contributed by atoms with van der Waals surface area (Å²) in [4.78, 5) is 0. The van der Waals surface area contributed by atoms with E-state index in [0.29, 0.717) is 6.04 Å². The van der Waals surface area contributed by atoms with Gasteiger partial charge in [0.25, 0.3) is 0 Å². The van der Waals surface area contributed by atoms with Gasteiger partial charge in [-0.1, -0.05) is 30.3 Å². The van der Waals surface area contributed by atoms with Crippen LogP contribution < -0.4 is 0 Å². The maximum Gasteiger partial charge on any atom is 0.0773 e. The van der Waals surface area contributed by atoms with Gasteiger partial charge in [-0.05, 0) is 22.4 Å². The van der Waals surface area contributed by atoms with Gasteiger partial charge in [0.05, 0.1) is 11.8 Å². The van der Waals surface area contributed by atoms with Crippen molar-refractivity contribution < 1.29 is 0 Å². The first-order valence-corrected chi connectivity index (χ1v) is 6.67. The summed E-state index contributed by atoms with van der Waals surface area (Å²) >= 11 is 1.73. The lowest BCUT2D eigenvalue weighted by molar-refractivity contribution is 0.290. The summed E-state index contributed by atoms with van der Waals surface area (Å²) in [5.41, 5.74) is 3.80. The molecule has 0 saturated heterocycles. The van der Waals surface area contributed by atoms with Crippen molar-refractivity contribution in [3.05, 3.63) is 58.3 Å². The van der Waals surface area contributed by atoms with E-state index in [0.717, 1.165) is 6.42 Å². The molecule has 0 N–H and O–H groups in total. The predicted molar refractivity (Wildman–Crippen MR) is 72.4 cm³/mol. The Hall–Kier alpha value is -1.61. The second kappa shape index (κ2) is 4.34. The van der Waals surface area contributed by atoms with E-state index in [9.17, 15) is 0 Å². The minimum absolute atomic E-state index is 0.381. The smallest absolute Gasteiger partial charge is 0.0773 e. The highest BCUT2D eigenvalue weighted by molar-refractivity contribution is 7.08. The molecule has 0 saturated carbocycles. The molecule has 1 atom stereocenters. The molecular formula is C14H14N2S. The van der Waals surface area contributed by atoms with Crippen LogP contribution in [0.2, 0.25) is 0 Å². The standard InChI is InChI=1S/C14H14N2S/c1-16-14(11-5-3-2-4-6-11)9-13(15-16)12-7-8-17-10-12/h2-8,10,14H,9H2,1H3. The molecule has 1 aliphatic heterocycles. The van der Waals surface area contributed by atoms with Crippen molar-refractivity contribution in [3.63, 3.8) is 0 Å². The van der Waals surface area contributed by atoms with Crippen LogP contribution in [0.25, 0.3) is 0 Å². The Morgan fingerprint density at radius 2 is 2.06 bits per heavy atom. The summed E-state index contributed by atoms with van der Waals surface area (Å²) in [6, 6.07) is 13.1. The van der Waals surface area contributed by atoms with Gasteiger partial charge in [-0.2, -0.15) is 16.4 Å². The average molecular weight is 242 g/mol. The molecule has 1 aliphatic rings. The topological polar surface area (TPSA) is 15.6 Å². The predicted octanol–water partition coefficient (Wildman–Crippen LogP) is 3.53. The fourth-order valence-corrected chi connectivity index (χ4v) is 2.89. The summed E-state index contributed by atoms with van der Waals surface area (Å²) in [6.45, 7) is 0. The lowest BCUT2D eigenvalue weighted by Gasteiger charge is -2.18. The zero-order valence-electron chi connectivity index (χ0n) is 9.71. The van der Waals surface area contributed by atoms with E-state index < -0.39 is 0 Å². The molecule has 0 fully saturated rings. The molecule has 1 aromatic carbocycles. The molecule has 0 bridgehead atoms. The van der Waals surface area contributed by atoms with Crippen molar-refractivity contribution in [2.24, 2.45) is 5.10 Å². The van der Waals surface area contributed by atoms with Crippen molar-refractivity contribution in [3.8, 4) is 0 Å². The molecule has 3 rings (SSSR count). The summed E-state index contributed by atoms with van der Waals surface area (Å²) in [7, 11) is 2.05. The van der Waals surface area contributed by atoms with Gasteiger partial charge in [0.15, 0.2) is 0 Å². The molecule has 0 radical (unpaired) electrons. The Morgan fingerprint density at radius 1 is 1.24 bits per heavy atom. The molecule has 2 heterocycles. The highest BCUT2D eigenvalue weighted by Gasteiger charge is 2.25. The van der Waals surface area contributed by atoms with Crippen molar-refractivity contribution in [1.29, 1.82) is 0 Å². The Morgan fingerprint density at radius 3 is 2.76 bits per heavy atom. The van der Waals surface area contributed by atoms with Crippen LogP contribution in [0.4, 0.5) is 0 Å². The van der Waals surface area contributed by atoms with Gasteiger partial charge in [0, 0.05) is 19.0 Å². The molecule has 2 aromatic rings. The lowest BCUT2D eigenvalue weighted by atomic mass is 10.0. The van der Waals surface area contributed by atoms with E-state index in [1.165, 1.54) is 16.8 Å². The zero-order valence-corrected chi connectivity index (χ0v) is 10.5. The SMILES string of the molecule is CN1N=C(c2ccsc2)CC1c1ccccc1. The average Bonchev–Trinajstić information content (AvgIpc) is 2.99. The van der Waals surface area contributed by atoms with E-state index in [1.54, 1.807) is 11.3 Å². The Kier molecular flexibility index (Phi) is 2.69. The summed E-state index contributed by atoms with van der Waals surface area (Å²) in [5.74, 6) is 0. The van der Waals surface area contributed by atoms with Crippen molar-refractivity contribution >= 4 is 17.0 Å². The van der Waals surface area contributed by atoms with Crippen LogP contribution in [-0.2, 0) is 0 Å². The summed E-state index contributed by atoms with van der Waals surface area (Å²) in [5, 5.41) is 11.0. The van der Waals surface area contributed by atoms with Gasteiger partial charge in [0.2, 0.25) is 0 Å². The first-order chi connectivity index (χ1) is 8.34. The summed E-state index contributed by atoms with van der Waals surface area (Å²) in [6.07, 6.45) is 0.997. The van der Waals surface area contributed by atoms with Crippen LogP contribution in [-0.4, -0.2) is 17.8 Å². The molecule has 17 heavy (non-hydrogen) atoms. The van der Waals surface area contributed by atoms with Gasteiger partial charge in [-0.15, -0.1) is 0 Å². The number of hydrogen-bond acceptors (Lipinski definition) is 3. The third kappa shape index (κ3) is 1.98. The van der Waals surface area contributed by atoms with E-state index in [4.69, 9.17) is 0 Å². The fourth-order valence-electron chi connectivity index (χ4n) is 2.23. The largest absolute Gasteiger partial charge is 0.292 e. The van der Waals surface area contributed by atoms with Gasteiger partial charge < -0.3 is 0 Å². The number of hydrazone groups is 1. The van der Waals surface area contributed by atoms with E-state index >= 15 is 0 Å². The quantitative estimate of drug-likeness (QED) is 0.786. The van der Waals surface area contributed by atoms with Gasteiger partial charge in [0.1, 0.15) is 0 Å². The maximum atomic E-state index is 4.65. The van der Waals surface area contributed by atoms with E-state index in [2.05, 4.69) is 64.3 Å². The van der Waals surface area contributed by atoms with Crippen molar-refractivity contribution in [2.75, 3.05) is 7.05 Å². The molecule has 86 valence electrons. The highest BCUT2D eigenvalue weighted by Crippen LogP contribution is 2.31. The Bertz CT molecular complexity index is 516.